The van der Waals surface area contributed by atoms with Crippen molar-refractivity contribution in [3.8, 4) is 6.07 Å². The molecule has 0 saturated carbocycles. The number of nitriles is 1. The van der Waals surface area contributed by atoms with Gasteiger partial charge in [0.2, 0.25) is 5.91 Å². The van der Waals surface area contributed by atoms with E-state index in [9.17, 15) is 13.6 Å². The van der Waals surface area contributed by atoms with E-state index in [1.807, 2.05) is 6.07 Å². The summed E-state index contributed by atoms with van der Waals surface area (Å²) in [7, 11) is 1.67. The molecule has 0 aliphatic carbocycles. The predicted octanol–water partition coefficient (Wildman–Crippen LogP) is 4.00. The van der Waals surface area contributed by atoms with Gasteiger partial charge in [0.05, 0.1) is 19.0 Å². The molecular weight excluding hydrogens is 360 g/mol. The number of hydrogen-bond donors (Lipinski definition) is 0. The van der Waals surface area contributed by atoms with Crippen LogP contribution in [0.15, 0.2) is 42.5 Å². The Labute approximate surface area is 156 Å². The second-order valence-corrected chi connectivity index (χ2v) is 6.21. The maximum atomic E-state index is 13.9. The van der Waals surface area contributed by atoms with Crippen molar-refractivity contribution in [3.63, 3.8) is 0 Å². The molecule has 0 aliphatic rings. The number of amides is 1. The number of benzene rings is 2. The zero-order valence-electron chi connectivity index (χ0n) is 14.3. The molecule has 26 heavy (non-hydrogen) atoms. The van der Waals surface area contributed by atoms with Crippen molar-refractivity contribution in [1.29, 1.82) is 5.26 Å². The number of likely N-dealkylation sites (N-methyl/N-ethyl adjacent to an activating group) is 1. The summed E-state index contributed by atoms with van der Waals surface area (Å²) in [6, 6.07) is 11.9. The molecule has 2 aromatic carbocycles. The van der Waals surface area contributed by atoms with E-state index in [0.29, 0.717) is 16.3 Å². The number of carbonyl (C=O) groups excluding carboxylic acids is 1. The number of rotatable bonds is 7. The van der Waals surface area contributed by atoms with Gasteiger partial charge in [0.25, 0.3) is 0 Å². The number of carbonyl (C=O) groups is 1. The van der Waals surface area contributed by atoms with Gasteiger partial charge in [0, 0.05) is 29.4 Å². The highest BCUT2D eigenvalue weighted by atomic mass is 35.5. The van der Waals surface area contributed by atoms with Crippen LogP contribution in [0, 0.1) is 23.0 Å². The SMILES string of the molecule is CN(CC(=O)N(CCC#N)c1ccc(F)cc1)Cc1c(F)cccc1Cl. The van der Waals surface area contributed by atoms with E-state index >= 15 is 0 Å². The Morgan fingerprint density at radius 2 is 1.88 bits per heavy atom. The number of nitrogens with zero attached hydrogens (tertiary/aromatic N) is 3. The summed E-state index contributed by atoms with van der Waals surface area (Å²) in [5.41, 5.74) is 0.818. The zero-order valence-corrected chi connectivity index (χ0v) is 15.0. The molecule has 2 rings (SSSR count). The topological polar surface area (TPSA) is 47.3 Å². The minimum absolute atomic E-state index is 0.00648. The molecule has 7 heteroatoms. The smallest absolute Gasteiger partial charge is 0.241 e. The summed E-state index contributed by atoms with van der Waals surface area (Å²) >= 11 is 6.02. The maximum Gasteiger partial charge on any atom is 0.241 e. The molecule has 0 aromatic heterocycles. The molecule has 136 valence electrons. The van der Waals surface area contributed by atoms with E-state index in [0.717, 1.165) is 0 Å². The van der Waals surface area contributed by atoms with Gasteiger partial charge >= 0.3 is 0 Å². The van der Waals surface area contributed by atoms with Crippen molar-refractivity contribution in [2.75, 3.05) is 25.0 Å². The van der Waals surface area contributed by atoms with Crippen molar-refractivity contribution in [1.82, 2.24) is 4.90 Å². The fourth-order valence-corrected chi connectivity index (χ4v) is 2.73. The molecule has 2 aromatic rings. The average Bonchev–Trinajstić information content (AvgIpc) is 2.60. The lowest BCUT2D eigenvalue weighted by atomic mass is 10.2. The van der Waals surface area contributed by atoms with Gasteiger partial charge in [-0.15, -0.1) is 0 Å². The first-order chi connectivity index (χ1) is 12.4. The van der Waals surface area contributed by atoms with Crippen molar-refractivity contribution >= 4 is 23.2 Å². The molecule has 0 saturated heterocycles. The highest BCUT2D eigenvalue weighted by Gasteiger charge is 2.19. The molecule has 4 nitrogen and oxygen atoms in total. The van der Waals surface area contributed by atoms with Gasteiger partial charge in [0.1, 0.15) is 11.6 Å². The van der Waals surface area contributed by atoms with Crippen molar-refractivity contribution < 1.29 is 13.6 Å². The van der Waals surface area contributed by atoms with Gasteiger partial charge < -0.3 is 4.90 Å². The minimum Gasteiger partial charge on any atom is -0.310 e. The molecule has 0 unspecified atom stereocenters. The van der Waals surface area contributed by atoms with Crippen LogP contribution in [0.5, 0.6) is 0 Å². The number of hydrogen-bond acceptors (Lipinski definition) is 3. The second-order valence-electron chi connectivity index (χ2n) is 5.80. The molecule has 0 radical (unpaired) electrons. The maximum absolute atomic E-state index is 13.9. The second kappa shape index (κ2) is 9.27. The first kappa shape index (κ1) is 19.8. The van der Waals surface area contributed by atoms with Gasteiger partial charge in [0.15, 0.2) is 0 Å². The van der Waals surface area contributed by atoms with E-state index < -0.39 is 11.6 Å². The lowest BCUT2D eigenvalue weighted by molar-refractivity contribution is -0.119. The highest BCUT2D eigenvalue weighted by Crippen LogP contribution is 2.21. The van der Waals surface area contributed by atoms with Gasteiger partial charge in [-0.2, -0.15) is 5.26 Å². The molecule has 0 spiro atoms. The Hall–Kier alpha value is -2.49. The largest absolute Gasteiger partial charge is 0.310 e. The van der Waals surface area contributed by atoms with E-state index in [-0.39, 0.29) is 32.0 Å². The van der Waals surface area contributed by atoms with Crippen molar-refractivity contribution in [2.45, 2.75) is 13.0 Å². The summed E-state index contributed by atoms with van der Waals surface area (Å²) in [6.07, 6.45) is 0.145. The van der Waals surface area contributed by atoms with Crippen molar-refractivity contribution in [3.05, 3.63) is 64.7 Å². The van der Waals surface area contributed by atoms with Crippen molar-refractivity contribution in [2.24, 2.45) is 0 Å². The quantitative estimate of drug-likeness (QED) is 0.732. The van der Waals surface area contributed by atoms with Crippen LogP contribution in [0.25, 0.3) is 0 Å². The van der Waals surface area contributed by atoms with E-state index in [2.05, 4.69) is 0 Å². The van der Waals surface area contributed by atoms with Gasteiger partial charge in [-0.25, -0.2) is 8.78 Å². The van der Waals surface area contributed by atoms with Crippen LogP contribution in [-0.4, -0.2) is 30.9 Å². The first-order valence-corrected chi connectivity index (χ1v) is 8.34. The lowest BCUT2D eigenvalue weighted by Crippen LogP contribution is -2.39. The average molecular weight is 378 g/mol. The standard InChI is InChI=1S/C19H18ClF2N3O/c1-24(12-16-17(20)4-2-5-18(16)22)13-19(26)25(11-3-10-23)15-8-6-14(21)7-9-15/h2,4-9H,3,11-13H2,1H3. The Kier molecular flexibility index (Phi) is 7.07. The Bertz CT molecular complexity index is 785. The summed E-state index contributed by atoms with van der Waals surface area (Å²) in [5, 5.41) is 9.11. The molecule has 1 amide bonds. The molecule has 0 heterocycles. The predicted molar refractivity (Wildman–Crippen MR) is 96.7 cm³/mol. The van der Waals surface area contributed by atoms with Crippen LogP contribution in [-0.2, 0) is 11.3 Å². The van der Waals surface area contributed by atoms with Crippen LogP contribution >= 0.6 is 11.6 Å². The molecule has 0 atom stereocenters. The van der Waals surface area contributed by atoms with Crippen LogP contribution in [0.1, 0.15) is 12.0 Å². The third-order valence-electron chi connectivity index (χ3n) is 3.78. The Morgan fingerprint density at radius 3 is 2.50 bits per heavy atom. The summed E-state index contributed by atoms with van der Waals surface area (Å²) < 4.78 is 27.0. The highest BCUT2D eigenvalue weighted by molar-refractivity contribution is 6.31. The van der Waals surface area contributed by atoms with Crippen LogP contribution in [0.2, 0.25) is 5.02 Å². The third kappa shape index (κ3) is 5.25. The molecule has 0 fully saturated rings. The molecule has 0 N–H and O–H groups in total. The number of anilines is 1. The minimum atomic E-state index is -0.434. The van der Waals surface area contributed by atoms with Gasteiger partial charge in [-0.3, -0.25) is 9.69 Å². The number of halogens is 3. The van der Waals surface area contributed by atoms with E-state index in [1.165, 1.54) is 41.3 Å². The summed E-state index contributed by atoms with van der Waals surface area (Å²) in [4.78, 5) is 15.7. The van der Waals surface area contributed by atoms with Gasteiger partial charge in [-0.05, 0) is 43.4 Å². The molecular formula is C19H18ClF2N3O. The van der Waals surface area contributed by atoms with E-state index in [1.54, 1.807) is 18.0 Å². The van der Waals surface area contributed by atoms with Crippen LogP contribution in [0.4, 0.5) is 14.5 Å². The van der Waals surface area contributed by atoms with E-state index in [4.69, 9.17) is 16.9 Å². The first-order valence-electron chi connectivity index (χ1n) is 7.96. The molecule has 0 aliphatic heterocycles. The fraction of sp³-hybridized carbons (Fsp3) is 0.263. The van der Waals surface area contributed by atoms with Crippen LogP contribution in [0.3, 0.4) is 0 Å². The third-order valence-corrected chi connectivity index (χ3v) is 4.14. The monoisotopic (exact) mass is 377 g/mol. The lowest BCUT2D eigenvalue weighted by Gasteiger charge is -2.25. The summed E-state index contributed by atoms with van der Waals surface area (Å²) in [6.45, 7) is 0.343. The Balaban J connectivity index is 2.10. The van der Waals surface area contributed by atoms with Crippen LogP contribution < -0.4 is 4.90 Å². The van der Waals surface area contributed by atoms with Gasteiger partial charge in [-0.1, -0.05) is 17.7 Å². The summed E-state index contributed by atoms with van der Waals surface area (Å²) in [5.74, 6) is -1.12. The molecule has 0 bridgehead atoms. The Morgan fingerprint density at radius 1 is 1.19 bits per heavy atom. The zero-order chi connectivity index (χ0) is 19.1. The fourth-order valence-electron chi connectivity index (χ4n) is 2.51. The normalized spacial score (nSPS) is 10.6.